The summed E-state index contributed by atoms with van der Waals surface area (Å²) in [5, 5.41) is 0. The molecule has 6 heteroatoms. The van der Waals surface area contributed by atoms with Gasteiger partial charge in [0.1, 0.15) is 0 Å². The molecule has 0 saturated carbocycles. The van der Waals surface area contributed by atoms with E-state index in [1.165, 1.54) is 0 Å². The first kappa shape index (κ1) is 331. The molecule has 4 nitrogen and oxygen atoms in total. The molecule has 0 heterocycles. The van der Waals surface area contributed by atoms with Gasteiger partial charge in [-0.3, -0.25) is 0 Å². The molecule has 0 rings (SSSR count). The Hall–Kier alpha value is 0.839. The van der Waals surface area contributed by atoms with Gasteiger partial charge in [0.05, 0.1) is 0 Å². The number of rotatable bonds is 0. The van der Waals surface area contributed by atoms with Gasteiger partial charge >= 0.3 is 0 Å². The van der Waals surface area contributed by atoms with E-state index in [1.54, 1.807) is 0 Å². The van der Waals surface area contributed by atoms with Crippen LogP contribution in [0.4, 0.5) is 0 Å². The van der Waals surface area contributed by atoms with E-state index < -0.39 is 0 Å². The summed E-state index contributed by atoms with van der Waals surface area (Å²) >= 11 is 0. The van der Waals surface area contributed by atoms with E-state index in [-0.39, 0.29) is 56.0 Å². The Morgan fingerprint density at radius 1 is 0.500 bits per heavy atom. The summed E-state index contributed by atoms with van der Waals surface area (Å²) in [6.07, 6.45) is 0. The van der Waals surface area contributed by atoms with E-state index in [0.717, 1.165) is 0 Å². The van der Waals surface area contributed by atoms with Gasteiger partial charge in [0, 0.05) is 17.1 Å². The molecule has 0 aromatic heterocycles. The molecule has 1 radical (unpaired) electrons. The first-order valence-electron chi connectivity index (χ1n) is 0. The molecule has 0 fully saturated rings. The average molecular weight is 208 g/mol. The van der Waals surface area contributed by atoms with Crippen LogP contribution in [-0.2, 0) is 17.1 Å². The largest absolute Gasteiger partial charge is 0.412 e. The summed E-state index contributed by atoms with van der Waals surface area (Å²) in [7, 11) is 0. The Balaban J connectivity index is 0. The number of hydrogen-bond acceptors (Lipinski definition) is 0. The fourth-order valence-corrected chi connectivity index (χ4v) is 0. The Kier molecular flexibility index (Phi) is 10700. The zero-order chi connectivity index (χ0) is 0. The number of hydrogen-bond donors (Lipinski definition) is 0. The van der Waals surface area contributed by atoms with Crippen molar-refractivity contribution in [2.24, 2.45) is 0 Å². The molecular weight excluding hydrogens is 199 g/mol. The average Bonchev–Trinajstić information content (AvgIpc) is 0. The van der Waals surface area contributed by atoms with Crippen molar-refractivity contribution in [3.8, 4) is 0 Å². The zero-order valence-corrected chi connectivity index (χ0v) is 5.68. The van der Waals surface area contributed by atoms with Crippen molar-refractivity contribution >= 4 is 17.0 Å². The van der Waals surface area contributed by atoms with Crippen molar-refractivity contribution in [2.45, 2.75) is 0 Å². The molecule has 8 N–H and O–H groups in total. The molecule has 0 saturated heterocycles. The second-order valence-electron chi connectivity index (χ2n) is 0. The van der Waals surface area contributed by atoms with Crippen LogP contribution >= 0.6 is 17.0 Å². The first-order chi connectivity index (χ1) is 0. The fourth-order valence-electron chi connectivity index (χ4n) is 0. The van der Waals surface area contributed by atoms with Gasteiger partial charge in [-0.15, -0.1) is 17.0 Å². The van der Waals surface area contributed by atoms with Gasteiger partial charge in [-0.25, -0.2) is 0 Å². The second-order valence-corrected chi connectivity index (χ2v) is 0. The molecular formula is H9BrMnO4. The quantitative estimate of drug-likeness (QED) is 0.383. The first-order valence-corrected chi connectivity index (χ1v) is 0. The summed E-state index contributed by atoms with van der Waals surface area (Å²) < 4.78 is 0. The maximum absolute atomic E-state index is 0. The van der Waals surface area contributed by atoms with Crippen molar-refractivity contribution in [3.63, 3.8) is 0 Å². The molecule has 0 aliphatic heterocycles. The number of halogens is 1. The fraction of sp³-hybridized carbons (Fsp3) is 0. The van der Waals surface area contributed by atoms with Gasteiger partial charge in [0.15, 0.2) is 0 Å². The molecule has 47 valence electrons. The molecule has 0 aliphatic carbocycles. The molecule has 0 unspecified atom stereocenters. The van der Waals surface area contributed by atoms with E-state index in [1.807, 2.05) is 0 Å². The third-order valence-electron chi connectivity index (χ3n) is 0. The van der Waals surface area contributed by atoms with Crippen LogP contribution in [0.15, 0.2) is 0 Å². The van der Waals surface area contributed by atoms with Crippen molar-refractivity contribution in [2.75, 3.05) is 0 Å². The molecule has 0 aromatic rings. The summed E-state index contributed by atoms with van der Waals surface area (Å²) in [5.41, 5.74) is 0. The van der Waals surface area contributed by atoms with Crippen molar-refractivity contribution in [1.82, 2.24) is 0 Å². The summed E-state index contributed by atoms with van der Waals surface area (Å²) in [6.45, 7) is 0. The maximum Gasteiger partial charge on any atom is 0 e. The van der Waals surface area contributed by atoms with Crippen LogP contribution in [0.2, 0.25) is 0 Å². The van der Waals surface area contributed by atoms with Crippen LogP contribution in [-0.4, -0.2) is 21.9 Å². The van der Waals surface area contributed by atoms with Gasteiger partial charge in [0.25, 0.3) is 0 Å². The molecule has 0 amide bonds. The monoisotopic (exact) mass is 207 g/mol. The summed E-state index contributed by atoms with van der Waals surface area (Å²) in [4.78, 5) is 0. The second kappa shape index (κ2) is 194. The Bertz CT molecular complexity index is 7.51. The molecule has 0 aliphatic rings. The van der Waals surface area contributed by atoms with E-state index in [9.17, 15) is 0 Å². The van der Waals surface area contributed by atoms with Crippen LogP contribution in [0.5, 0.6) is 0 Å². The SMILES string of the molecule is Br.O.O.O.O.[Mn]. The smallest absolute Gasteiger partial charge is 0 e. The molecule has 0 spiro atoms. The topological polar surface area (TPSA) is 126 Å². The standard InChI is InChI=1S/BrH.Mn.4H2O/h1H;;4*1H2. The van der Waals surface area contributed by atoms with Gasteiger partial charge in [-0.1, -0.05) is 0 Å². The van der Waals surface area contributed by atoms with Crippen LogP contribution in [0.25, 0.3) is 0 Å². The van der Waals surface area contributed by atoms with E-state index in [2.05, 4.69) is 0 Å². The summed E-state index contributed by atoms with van der Waals surface area (Å²) in [6, 6.07) is 0. The zero-order valence-electron chi connectivity index (χ0n) is 2.79. The van der Waals surface area contributed by atoms with Crippen LogP contribution in [0.1, 0.15) is 0 Å². The minimum atomic E-state index is 0. The van der Waals surface area contributed by atoms with Crippen LogP contribution in [0.3, 0.4) is 0 Å². The van der Waals surface area contributed by atoms with Gasteiger partial charge in [0.2, 0.25) is 0 Å². The van der Waals surface area contributed by atoms with Crippen LogP contribution < -0.4 is 0 Å². The molecule has 6 heavy (non-hydrogen) atoms. The molecule has 0 aromatic carbocycles. The minimum absolute atomic E-state index is 0. The Morgan fingerprint density at radius 2 is 0.500 bits per heavy atom. The Labute approximate surface area is 56.4 Å². The molecule has 0 atom stereocenters. The van der Waals surface area contributed by atoms with E-state index in [4.69, 9.17) is 0 Å². The third kappa shape index (κ3) is 101. The Morgan fingerprint density at radius 3 is 0.500 bits per heavy atom. The predicted molar refractivity (Wildman–Crippen MR) is 24.8 cm³/mol. The third-order valence-corrected chi connectivity index (χ3v) is 0. The van der Waals surface area contributed by atoms with Crippen LogP contribution in [0, 0.1) is 0 Å². The van der Waals surface area contributed by atoms with Crippen molar-refractivity contribution in [3.05, 3.63) is 0 Å². The van der Waals surface area contributed by atoms with Gasteiger partial charge < -0.3 is 21.9 Å². The van der Waals surface area contributed by atoms with Crippen molar-refractivity contribution < 1.29 is 39.0 Å². The molecule has 0 bridgehead atoms. The van der Waals surface area contributed by atoms with Crippen molar-refractivity contribution in [1.29, 1.82) is 0 Å². The maximum atomic E-state index is 0. The van der Waals surface area contributed by atoms with Gasteiger partial charge in [-0.2, -0.15) is 0 Å². The minimum Gasteiger partial charge on any atom is -0.412 e. The van der Waals surface area contributed by atoms with E-state index in [0.29, 0.717) is 0 Å². The van der Waals surface area contributed by atoms with Gasteiger partial charge in [-0.05, 0) is 0 Å². The summed E-state index contributed by atoms with van der Waals surface area (Å²) in [5.74, 6) is 0. The normalized spacial score (nSPS) is 0. The van der Waals surface area contributed by atoms with E-state index >= 15 is 0 Å². The predicted octanol–water partition coefficient (Wildman–Crippen LogP) is -2.72.